The zero-order chi connectivity index (χ0) is 16.5. The molecule has 6 heteroatoms. The third-order valence-corrected chi connectivity index (χ3v) is 6.52. The number of rotatable bonds is 4. The van der Waals surface area contributed by atoms with Crippen molar-refractivity contribution in [3.8, 4) is 0 Å². The quantitative estimate of drug-likeness (QED) is 0.814. The van der Waals surface area contributed by atoms with Crippen LogP contribution in [-0.4, -0.2) is 28.1 Å². The number of hydrogen-bond acceptors (Lipinski definition) is 3. The summed E-state index contributed by atoms with van der Waals surface area (Å²) in [7, 11) is -3.49. The zero-order valence-electron chi connectivity index (χ0n) is 14.5. The third-order valence-electron chi connectivity index (χ3n) is 4.85. The lowest BCUT2D eigenvalue weighted by molar-refractivity contribution is 0.580. The summed E-state index contributed by atoms with van der Waals surface area (Å²) in [6.07, 6.45) is 2.96. The monoisotopic (exact) mass is 358 g/mol. The maximum absolute atomic E-state index is 12.8. The van der Waals surface area contributed by atoms with E-state index in [4.69, 9.17) is 0 Å². The maximum atomic E-state index is 12.8. The van der Waals surface area contributed by atoms with Crippen LogP contribution in [0.3, 0.4) is 0 Å². The van der Waals surface area contributed by atoms with E-state index in [1.54, 1.807) is 0 Å². The van der Waals surface area contributed by atoms with E-state index in [-0.39, 0.29) is 12.4 Å². The van der Waals surface area contributed by atoms with E-state index in [0.717, 1.165) is 47.3 Å². The van der Waals surface area contributed by atoms with E-state index in [1.165, 1.54) is 5.56 Å². The molecule has 0 saturated heterocycles. The Balaban J connectivity index is 0.00000264. The Bertz CT molecular complexity index is 696. The van der Waals surface area contributed by atoms with Gasteiger partial charge in [0.2, 0.25) is 10.0 Å². The predicted octanol–water partition coefficient (Wildman–Crippen LogP) is 2.85. The van der Waals surface area contributed by atoms with Gasteiger partial charge in [0.15, 0.2) is 0 Å². The largest absolute Gasteiger partial charge is 0.313 e. The van der Waals surface area contributed by atoms with Gasteiger partial charge in [-0.05, 0) is 75.4 Å². The van der Waals surface area contributed by atoms with Crippen molar-refractivity contribution >= 4 is 22.4 Å². The summed E-state index contributed by atoms with van der Waals surface area (Å²) in [5.41, 5.74) is 6.15. The van der Waals surface area contributed by atoms with Gasteiger partial charge >= 0.3 is 0 Å². The first-order valence-electron chi connectivity index (χ1n) is 7.71. The summed E-state index contributed by atoms with van der Waals surface area (Å²) in [6.45, 7) is 12.0. The molecule has 0 bridgehead atoms. The van der Waals surface area contributed by atoms with Crippen molar-refractivity contribution in [2.24, 2.45) is 0 Å². The van der Waals surface area contributed by atoms with Crippen LogP contribution in [0.2, 0.25) is 0 Å². The highest BCUT2D eigenvalue weighted by Crippen LogP contribution is 2.29. The van der Waals surface area contributed by atoms with Crippen molar-refractivity contribution in [1.82, 2.24) is 10.0 Å². The molecule has 130 valence electrons. The summed E-state index contributed by atoms with van der Waals surface area (Å²) in [6, 6.07) is 0. The Morgan fingerprint density at radius 3 is 2.00 bits per heavy atom. The van der Waals surface area contributed by atoms with Gasteiger partial charge in [0, 0.05) is 13.1 Å². The molecule has 1 aliphatic rings. The van der Waals surface area contributed by atoms with Crippen LogP contribution in [0.15, 0.2) is 16.5 Å². The fourth-order valence-electron chi connectivity index (χ4n) is 2.96. The Morgan fingerprint density at radius 1 is 1.00 bits per heavy atom. The summed E-state index contributed by atoms with van der Waals surface area (Å²) < 4.78 is 28.3. The molecule has 0 aromatic heterocycles. The minimum Gasteiger partial charge on any atom is -0.313 e. The van der Waals surface area contributed by atoms with Gasteiger partial charge in [-0.15, -0.1) is 12.4 Å². The molecule has 1 aliphatic heterocycles. The molecule has 0 spiro atoms. The van der Waals surface area contributed by atoms with Gasteiger partial charge in [-0.1, -0.05) is 11.6 Å². The van der Waals surface area contributed by atoms with Crippen LogP contribution < -0.4 is 10.0 Å². The number of hydrogen-bond donors (Lipinski definition) is 2. The molecule has 2 rings (SSSR count). The van der Waals surface area contributed by atoms with Crippen molar-refractivity contribution < 1.29 is 8.42 Å². The molecular formula is C17H27ClN2O2S. The maximum Gasteiger partial charge on any atom is 0.241 e. The van der Waals surface area contributed by atoms with Crippen molar-refractivity contribution in [2.75, 3.05) is 19.6 Å². The summed E-state index contributed by atoms with van der Waals surface area (Å²) in [4.78, 5) is 0.447. The topological polar surface area (TPSA) is 58.2 Å². The normalized spacial score (nSPS) is 15.1. The average Bonchev–Trinajstić information content (AvgIpc) is 2.50. The predicted molar refractivity (Wildman–Crippen MR) is 98.1 cm³/mol. The van der Waals surface area contributed by atoms with Crippen LogP contribution in [0.25, 0.3) is 0 Å². The lowest BCUT2D eigenvalue weighted by Crippen LogP contribution is -2.30. The molecule has 1 aromatic carbocycles. The third kappa shape index (κ3) is 4.15. The molecule has 0 radical (unpaired) electrons. The molecule has 2 N–H and O–H groups in total. The molecule has 0 saturated carbocycles. The number of nitrogens with one attached hydrogen (secondary N) is 2. The first-order chi connectivity index (χ1) is 10.3. The van der Waals surface area contributed by atoms with E-state index in [9.17, 15) is 8.42 Å². The molecular weight excluding hydrogens is 332 g/mol. The second-order valence-corrected chi connectivity index (χ2v) is 7.80. The summed E-state index contributed by atoms with van der Waals surface area (Å²) in [5, 5.41) is 3.23. The molecule has 0 aliphatic carbocycles. The summed E-state index contributed by atoms with van der Waals surface area (Å²) in [5.74, 6) is 0. The SMILES string of the molecule is Cc1c(C)c(C)c(S(=O)(=O)NCC2=CCNCC2)c(C)c1C.Cl. The van der Waals surface area contributed by atoms with E-state index < -0.39 is 10.0 Å². The Morgan fingerprint density at radius 2 is 1.52 bits per heavy atom. The molecule has 1 aromatic rings. The van der Waals surface area contributed by atoms with Crippen LogP contribution in [-0.2, 0) is 10.0 Å². The highest BCUT2D eigenvalue weighted by atomic mass is 35.5. The van der Waals surface area contributed by atoms with E-state index >= 15 is 0 Å². The molecule has 0 amide bonds. The Labute approximate surface area is 146 Å². The van der Waals surface area contributed by atoms with Crippen molar-refractivity contribution in [3.05, 3.63) is 39.5 Å². The van der Waals surface area contributed by atoms with Crippen LogP contribution in [0.1, 0.15) is 34.2 Å². The number of halogens is 1. The first-order valence-corrected chi connectivity index (χ1v) is 9.19. The number of benzene rings is 1. The van der Waals surface area contributed by atoms with E-state index in [2.05, 4.69) is 16.1 Å². The summed E-state index contributed by atoms with van der Waals surface area (Å²) >= 11 is 0. The highest BCUT2D eigenvalue weighted by Gasteiger charge is 2.23. The van der Waals surface area contributed by atoms with Gasteiger partial charge in [-0.2, -0.15) is 0 Å². The molecule has 4 nitrogen and oxygen atoms in total. The average molecular weight is 359 g/mol. The van der Waals surface area contributed by atoms with Crippen molar-refractivity contribution in [2.45, 2.75) is 45.9 Å². The smallest absolute Gasteiger partial charge is 0.241 e. The van der Waals surface area contributed by atoms with Crippen LogP contribution in [0.4, 0.5) is 0 Å². The lowest BCUT2D eigenvalue weighted by Gasteiger charge is -2.20. The van der Waals surface area contributed by atoms with Crippen LogP contribution in [0, 0.1) is 34.6 Å². The minimum absolute atomic E-state index is 0. The Hall–Kier alpha value is -0.880. The fraction of sp³-hybridized carbons (Fsp3) is 0.529. The van der Waals surface area contributed by atoms with Crippen molar-refractivity contribution in [3.63, 3.8) is 0 Å². The molecule has 0 fully saturated rings. The second-order valence-electron chi connectivity index (χ2n) is 6.10. The number of sulfonamides is 1. The van der Waals surface area contributed by atoms with Gasteiger partial charge in [-0.3, -0.25) is 0 Å². The van der Waals surface area contributed by atoms with Gasteiger partial charge in [0.1, 0.15) is 0 Å². The minimum atomic E-state index is -3.49. The molecule has 0 atom stereocenters. The first kappa shape index (κ1) is 20.2. The molecule has 0 unspecified atom stereocenters. The van der Waals surface area contributed by atoms with Gasteiger partial charge in [0.05, 0.1) is 4.90 Å². The van der Waals surface area contributed by atoms with Gasteiger partial charge in [0.25, 0.3) is 0 Å². The van der Waals surface area contributed by atoms with Gasteiger partial charge in [-0.25, -0.2) is 13.1 Å². The standard InChI is InChI=1S/C17H26N2O2S.ClH/c1-11-12(2)14(4)17(15(5)13(11)3)22(20,21)19-10-16-6-8-18-9-7-16;/h6,18-19H,7-10H2,1-5H3;1H. The van der Waals surface area contributed by atoms with Crippen LogP contribution >= 0.6 is 12.4 Å². The highest BCUT2D eigenvalue weighted by molar-refractivity contribution is 7.89. The Kier molecular flexibility index (Phi) is 6.83. The van der Waals surface area contributed by atoms with Gasteiger partial charge < -0.3 is 5.32 Å². The zero-order valence-corrected chi connectivity index (χ0v) is 16.2. The molecule has 1 heterocycles. The lowest BCUT2D eigenvalue weighted by atomic mass is 9.95. The van der Waals surface area contributed by atoms with E-state index in [0.29, 0.717) is 11.4 Å². The van der Waals surface area contributed by atoms with E-state index in [1.807, 2.05) is 34.6 Å². The van der Waals surface area contributed by atoms with Crippen molar-refractivity contribution in [1.29, 1.82) is 0 Å². The molecule has 23 heavy (non-hydrogen) atoms. The van der Waals surface area contributed by atoms with Crippen LogP contribution in [0.5, 0.6) is 0 Å². The fourth-order valence-corrected chi connectivity index (χ4v) is 4.59. The second kappa shape index (κ2) is 7.79.